The van der Waals surface area contributed by atoms with Crippen molar-refractivity contribution in [3.63, 3.8) is 0 Å². The number of aromatic nitrogens is 2. The van der Waals surface area contributed by atoms with Crippen LogP contribution in [0.5, 0.6) is 0 Å². The Morgan fingerprint density at radius 1 is 1.47 bits per heavy atom. The average molecular weight is 254 g/mol. The first kappa shape index (κ1) is 12.2. The van der Waals surface area contributed by atoms with Crippen molar-refractivity contribution in [2.45, 2.75) is 12.7 Å². The molecule has 1 N–H and O–H groups in total. The maximum Gasteiger partial charge on any atom is 0.283 e. The van der Waals surface area contributed by atoms with Gasteiger partial charge in [0.1, 0.15) is 0 Å². The summed E-state index contributed by atoms with van der Waals surface area (Å²) in [7, 11) is 0. The van der Waals surface area contributed by atoms with Crippen molar-refractivity contribution >= 4 is 11.8 Å². The minimum atomic E-state index is 0.203. The van der Waals surface area contributed by atoms with E-state index in [-0.39, 0.29) is 12.5 Å². The number of hydrogen-bond acceptors (Lipinski definition) is 6. The van der Waals surface area contributed by atoms with Gasteiger partial charge in [0.15, 0.2) is 5.76 Å². The number of thioether (sulfide) groups is 1. The molecule has 0 aromatic carbocycles. The molecule has 0 saturated heterocycles. The molecule has 0 amide bonds. The summed E-state index contributed by atoms with van der Waals surface area (Å²) in [4.78, 5) is 0. The van der Waals surface area contributed by atoms with Crippen LogP contribution in [0.2, 0.25) is 0 Å². The van der Waals surface area contributed by atoms with Crippen molar-refractivity contribution in [2.24, 2.45) is 5.92 Å². The molecule has 92 valence electrons. The van der Waals surface area contributed by atoms with E-state index in [9.17, 15) is 0 Å². The van der Waals surface area contributed by atoms with Gasteiger partial charge >= 0.3 is 0 Å². The van der Waals surface area contributed by atoms with Crippen LogP contribution in [0.1, 0.15) is 12.8 Å². The zero-order chi connectivity index (χ0) is 12.1. The highest BCUT2D eigenvalue weighted by molar-refractivity contribution is 7.98. The molecule has 0 radical (unpaired) electrons. The second kappa shape index (κ2) is 5.88. The predicted molar refractivity (Wildman–Crippen MR) is 64.4 cm³/mol. The molecule has 0 saturated carbocycles. The normalized spacial score (nSPS) is 12.8. The van der Waals surface area contributed by atoms with Crippen LogP contribution < -0.4 is 0 Å². The third kappa shape index (κ3) is 3.34. The largest absolute Gasteiger partial charge is 0.459 e. The minimum Gasteiger partial charge on any atom is -0.459 e. The van der Waals surface area contributed by atoms with Crippen molar-refractivity contribution in [3.8, 4) is 11.7 Å². The summed E-state index contributed by atoms with van der Waals surface area (Å²) in [5.74, 6) is 3.37. The fourth-order valence-corrected chi connectivity index (χ4v) is 2.13. The first-order valence-corrected chi connectivity index (χ1v) is 6.50. The van der Waals surface area contributed by atoms with Crippen molar-refractivity contribution < 1.29 is 13.9 Å². The molecule has 2 aromatic rings. The van der Waals surface area contributed by atoms with Crippen LogP contribution in [0.3, 0.4) is 0 Å². The molecule has 2 heterocycles. The molecular weight excluding hydrogens is 240 g/mol. The molecule has 1 atom stereocenters. The quantitative estimate of drug-likeness (QED) is 0.852. The third-order valence-electron chi connectivity index (χ3n) is 2.14. The lowest BCUT2D eigenvalue weighted by atomic mass is 10.2. The van der Waals surface area contributed by atoms with Crippen molar-refractivity contribution in [1.82, 2.24) is 10.2 Å². The summed E-state index contributed by atoms with van der Waals surface area (Å²) in [5, 5.41) is 16.7. The van der Waals surface area contributed by atoms with E-state index in [4.69, 9.17) is 13.9 Å². The smallest absolute Gasteiger partial charge is 0.283 e. The monoisotopic (exact) mass is 254 g/mol. The standard InChI is InChI=1S/C11H14N2O3S/c1-8(5-14)6-17-7-10-12-13-11(16-10)9-3-2-4-15-9/h2-4,8,14H,5-7H2,1H3. The van der Waals surface area contributed by atoms with E-state index in [1.807, 2.05) is 6.92 Å². The van der Waals surface area contributed by atoms with E-state index in [1.165, 1.54) is 0 Å². The summed E-state index contributed by atoms with van der Waals surface area (Å²) in [6.07, 6.45) is 1.57. The zero-order valence-corrected chi connectivity index (χ0v) is 10.3. The number of nitrogens with zero attached hydrogens (tertiary/aromatic N) is 2. The molecule has 5 nitrogen and oxygen atoms in total. The molecule has 0 aliphatic carbocycles. The second-order valence-electron chi connectivity index (χ2n) is 3.78. The molecule has 2 rings (SSSR count). The average Bonchev–Trinajstić information content (AvgIpc) is 2.98. The number of rotatable bonds is 6. The molecule has 0 spiro atoms. The lowest BCUT2D eigenvalue weighted by Gasteiger charge is -2.04. The molecule has 6 heteroatoms. The van der Waals surface area contributed by atoms with Crippen LogP contribution in [0.15, 0.2) is 27.2 Å². The predicted octanol–water partition coefficient (Wildman–Crippen LogP) is 2.19. The maximum atomic E-state index is 8.88. The molecular formula is C11H14N2O3S. The molecule has 1 unspecified atom stereocenters. The SMILES string of the molecule is CC(CO)CSCc1nnc(-c2ccco2)o1. The Labute approximate surface area is 103 Å². The van der Waals surface area contributed by atoms with Crippen molar-refractivity contribution in [3.05, 3.63) is 24.3 Å². The Bertz CT molecular complexity index is 441. The summed E-state index contributed by atoms with van der Waals surface area (Å²) in [5.41, 5.74) is 0. The van der Waals surface area contributed by atoms with Gasteiger partial charge in [-0.25, -0.2) is 0 Å². The van der Waals surface area contributed by atoms with Crippen LogP contribution in [0, 0.1) is 5.92 Å². The van der Waals surface area contributed by atoms with Gasteiger partial charge in [-0.2, -0.15) is 11.8 Å². The Balaban J connectivity index is 1.87. The van der Waals surface area contributed by atoms with E-state index in [1.54, 1.807) is 30.2 Å². The molecule has 0 aliphatic heterocycles. The zero-order valence-electron chi connectivity index (χ0n) is 9.50. The molecule has 17 heavy (non-hydrogen) atoms. The summed E-state index contributed by atoms with van der Waals surface area (Å²) in [6, 6.07) is 3.55. The van der Waals surface area contributed by atoms with E-state index in [0.29, 0.717) is 23.3 Å². The minimum absolute atomic E-state index is 0.203. The topological polar surface area (TPSA) is 72.3 Å². The molecule has 0 aliphatic rings. The lowest BCUT2D eigenvalue weighted by Crippen LogP contribution is -2.03. The van der Waals surface area contributed by atoms with E-state index in [0.717, 1.165) is 5.75 Å². The van der Waals surface area contributed by atoms with E-state index < -0.39 is 0 Å². The number of hydrogen-bond donors (Lipinski definition) is 1. The lowest BCUT2D eigenvalue weighted by molar-refractivity contribution is 0.250. The highest BCUT2D eigenvalue weighted by Crippen LogP contribution is 2.20. The summed E-state index contributed by atoms with van der Waals surface area (Å²) >= 11 is 1.66. The van der Waals surface area contributed by atoms with Crippen LogP contribution >= 0.6 is 11.8 Å². The van der Waals surface area contributed by atoms with Gasteiger partial charge in [-0.3, -0.25) is 0 Å². The Morgan fingerprint density at radius 3 is 3.06 bits per heavy atom. The fourth-order valence-electron chi connectivity index (χ4n) is 1.21. The van der Waals surface area contributed by atoms with Gasteiger partial charge in [-0.15, -0.1) is 10.2 Å². The van der Waals surface area contributed by atoms with Crippen LogP contribution in [-0.2, 0) is 5.75 Å². The Hall–Kier alpha value is -1.27. The Morgan fingerprint density at radius 2 is 2.35 bits per heavy atom. The number of furan rings is 1. The van der Waals surface area contributed by atoms with E-state index >= 15 is 0 Å². The van der Waals surface area contributed by atoms with Crippen LogP contribution in [-0.4, -0.2) is 27.7 Å². The first-order valence-electron chi connectivity index (χ1n) is 5.34. The first-order chi connectivity index (χ1) is 8.29. The number of aliphatic hydroxyl groups is 1. The van der Waals surface area contributed by atoms with Crippen molar-refractivity contribution in [2.75, 3.05) is 12.4 Å². The third-order valence-corrected chi connectivity index (χ3v) is 3.39. The molecule has 0 fully saturated rings. The van der Waals surface area contributed by atoms with Gasteiger partial charge < -0.3 is 13.9 Å². The van der Waals surface area contributed by atoms with E-state index in [2.05, 4.69) is 10.2 Å². The van der Waals surface area contributed by atoms with Crippen LogP contribution in [0.4, 0.5) is 0 Å². The van der Waals surface area contributed by atoms with Gasteiger partial charge in [0.05, 0.1) is 12.0 Å². The van der Waals surface area contributed by atoms with Gasteiger partial charge in [-0.1, -0.05) is 6.92 Å². The maximum absolute atomic E-state index is 8.88. The Kier molecular flexibility index (Phi) is 4.22. The molecule has 2 aromatic heterocycles. The molecule has 0 bridgehead atoms. The summed E-state index contributed by atoms with van der Waals surface area (Å²) in [6.45, 7) is 2.20. The highest BCUT2D eigenvalue weighted by atomic mass is 32.2. The number of aliphatic hydroxyl groups excluding tert-OH is 1. The van der Waals surface area contributed by atoms with Crippen LogP contribution in [0.25, 0.3) is 11.7 Å². The van der Waals surface area contributed by atoms with Gasteiger partial charge in [0.25, 0.3) is 5.89 Å². The fraction of sp³-hybridized carbons (Fsp3) is 0.455. The van der Waals surface area contributed by atoms with Crippen molar-refractivity contribution in [1.29, 1.82) is 0 Å². The summed E-state index contributed by atoms with van der Waals surface area (Å²) < 4.78 is 10.6. The van der Waals surface area contributed by atoms with Gasteiger partial charge in [0.2, 0.25) is 5.89 Å². The highest BCUT2D eigenvalue weighted by Gasteiger charge is 2.11. The van der Waals surface area contributed by atoms with Gasteiger partial charge in [-0.05, 0) is 23.8 Å². The second-order valence-corrected chi connectivity index (χ2v) is 4.81. The van der Waals surface area contributed by atoms with Gasteiger partial charge in [0, 0.05) is 6.61 Å².